The van der Waals surface area contributed by atoms with Crippen molar-refractivity contribution in [2.75, 3.05) is 11.9 Å². The number of aryl methyl sites for hydroxylation is 1. The lowest BCUT2D eigenvalue weighted by molar-refractivity contribution is -0.118. The number of rotatable bonds is 6. The highest BCUT2D eigenvalue weighted by atomic mass is 79.9. The molecule has 8 heteroatoms. The van der Waals surface area contributed by atoms with E-state index >= 15 is 0 Å². The summed E-state index contributed by atoms with van der Waals surface area (Å²) < 4.78 is 7.87. The summed E-state index contributed by atoms with van der Waals surface area (Å²) in [5.41, 5.74) is 2.32. The Bertz CT molecular complexity index is 958. The molecule has 0 aliphatic heterocycles. The molecule has 0 aliphatic carbocycles. The number of hydrogen-bond donors (Lipinski definition) is 1. The number of amides is 1. The molecule has 1 aromatic heterocycles. The first-order valence-corrected chi connectivity index (χ1v) is 9.62. The number of ether oxygens (including phenoxy) is 1. The van der Waals surface area contributed by atoms with Gasteiger partial charge in [-0.05, 0) is 46.6 Å². The molecule has 0 atom stereocenters. The van der Waals surface area contributed by atoms with Crippen molar-refractivity contribution in [3.05, 3.63) is 74.3 Å². The van der Waals surface area contributed by atoms with Crippen LogP contribution in [0, 0.1) is 6.92 Å². The van der Waals surface area contributed by atoms with E-state index in [4.69, 9.17) is 27.9 Å². The number of carbonyl (C=O) groups excluding carboxylic acids is 1. The van der Waals surface area contributed by atoms with Crippen LogP contribution in [0.1, 0.15) is 11.1 Å². The maximum absolute atomic E-state index is 12.1. The minimum atomic E-state index is -0.345. The molecule has 1 N–H and O–H groups in total. The summed E-state index contributed by atoms with van der Waals surface area (Å²) in [4.78, 5) is 12.1. The molecule has 3 aromatic rings. The van der Waals surface area contributed by atoms with E-state index in [1.165, 1.54) is 5.56 Å². The Hall–Kier alpha value is -2.02. The van der Waals surface area contributed by atoms with E-state index in [9.17, 15) is 4.79 Å². The zero-order chi connectivity index (χ0) is 19.4. The first-order chi connectivity index (χ1) is 12.9. The zero-order valence-electron chi connectivity index (χ0n) is 14.4. The highest BCUT2D eigenvalue weighted by molar-refractivity contribution is 9.10. The van der Waals surface area contributed by atoms with E-state index in [2.05, 4.69) is 38.5 Å². The summed E-state index contributed by atoms with van der Waals surface area (Å²) in [7, 11) is 0. The van der Waals surface area contributed by atoms with E-state index in [0.29, 0.717) is 32.6 Å². The van der Waals surface area contributed by atoms with Crippen LogP contribution in [-0.4, -0.2) is 22.3 Å². The largest absolute Gasteiger partial charge is 0.482 e. The number of aromatic nitrogens is 2. The molecule has 2 aromatic carbocycles. The van der Waals surface area contributed by atoms with Crippen molar-refractivity contribution < 1.29 is 9.53 Å². The lowest BCUT2D eigenvalue weighted by atomic mass is 10.1. The highest BCUT2D eigenvalue weighted by Gasteiger charge is 2.12. The van der Waals surface area contributed by atoms with Crippen molar-refractivity contribution in [2.45, 2.75) is 13.5 Å². The van der Waals surface area contributed by atoms with Gasteiger partial charge in [-0.1, -0.05) is 53.0 Å². The smallest absolute Gasteiger partial charge is 0.263 e. The Morgan fingerprint density at radius 1 is 1.22 bits per heavy atom. The number of benzene rings is 2. The monoisotopic (exact) mass is 467 g/mol. The summed E-state index contributed by atoms with van der Waals surface area (Å²) in [5, 5.41) is 7.95. The van der Waals surface area contributed by atoms with Gasteiger partial charge >= 0.3 is 0 Å². The Labute approximate surface area is 175 Å². The SMILES string of the molecule is Cc1ccc(Cn2cc(Br)c(NC(=O)COc3ccc(Cl)cc3Cl)n2)cc1. The van der Waals surface area contributed by atoms with Crippen LogP contribution < -0.4 is 10.1 Å². The summed E-state index contributed by atoms with van der Waals surface area (Å²) in [6, 6.07) is 13.0. The average molecular weight is 469 g/mol. The van der Waals surface area contributed by atoms with Crippen LogP contribution >= 0.6 is 39.1 Å². The molecule has 1 heterocycles. The van der Waals surface area contributed by atoms with Gasteiger partial charge in [0.25, 0.3) is 5.91 Å². The van der Waals surface area contributed by atoms with E-state index in [1.54, 1.807) is 22.9 Å². The Morgan fingerprint density at radius 2 is 1.96 bits per heavy atom. The Kier molecular flexibility index (Phi) is 6.42. The molecule has 1 amide bonds. The number of carbonyl (C=O) groups is 1. The number of hydrogen-bond acceptors (Lipinski definition) is 3. The van der Waals surface area contributed by atoms with Crippen molar-refractivity contribution >= 4 is 50.9 Å². The lowest BCUT2D eigenvalue weighted by Crippen LogP contribution is -2.21. The number of halogens is 3. The van der Waals surface area contributed by atoms with E-state index in [-0.39, 0.29) is 12.5 Å². The fourth-order valence-corrected chi connectivity index (χ4v) is 3.22. The number of nitrogens with one attached hydrogen (secondary N) is 1. The normalized spacial score (nSPS) is 10.7. The van der Waals surface area contributed by atoms with Crippen LogP contribution in [0.15, 0.2) is 53.1 Å². The van der Waals surface area contributed by atoms with Gasteiger partial charge in [0.15, 0.2) is 12.4 Å². The van der Waals surface area contributed by atoms with Gasteiger partial charge in [0.05, 0.1) is 16.0 Å². The molecular weight excluding hydrogens is 453 g/mol. The summed E-state index contributed by atoms with van der Waals surface area (Å²) >= 11 is 15.3. The second-order valence-electron chi connectivity index (χ2n) is 5.92. The van der Waals surface area contributed by atoms with Gasteiger partial charge in [-0.25, -0.2) is 0 Å². The molecule has 0 aliphatic rings. The van der Waals surface area contributed by atoms with Gasteiger partial charge in [0.2, 0.25) is 0 Å². The first kappa shape index (κ1) is 19.7. The van der Waals surface area contributed by atoms with E-state index in [1.807, 2.05) is 25.3 Å². The minimum absolute atomic E-state index is 0.196. The Morgan fingerprint density at radius 3 is 2.67 bits per heavy atom. The summed E-state index contributed by atoms with van der Waals surface area (Å²) in [6.45, 7) is 2.45. The molecule has 0 spiro atoms. The van der Waals surface area contributed by atoms with Crippen molar-refractivity contribution in [3.8, 4) is 5.75 Å². The summed E-state index contributed by atoms with van der Waals surface area (Å²) in [6.07, 6.45) is 1.81. The molecule has 27 heavy (non-hydrogen) atoms. The quantitative estimate of drug-likeness (QED) is 0.532. The topological polar surface area (TPSA) is 56.2 Å². The van der Waals surface area contributed by atoms with Crippen LogP contribution in [0.3, 0.4) is 0 Å². The van der Waals surface area contributed by atoms with Gasteiger partial charge in [-0.3, -0.25) is 9.48 Å². The van der Waals surface area contributed by atoms with Gasteiger partial charge in [0.1, 0.15) is 5.75 Å². The maximum atomic E-state index is 12.1. The van der Waals surface area contributed by atoms with Gasteiger partial charge in [-0.15, -0.1) is 0 Å². The van der Waals surface area contributed by atoms with Crippen LogP contribution in [0.2, 0.25) is 10.0 Å². The third-order valence-corrected chi connectivity index (χ3v) is 4.80. The van der Waals surface area contributed by atoms with Crippen LogP contribution in [0.4, 0.5) is 5.82 Å². The van der Waals surface area contributed by atoms with Gasteiger partial charge in [-0.2, -0.15) is 5.10 Å². The Balaban J connectivity index is 1.59. The molecule has 0 saturated heterocycles. The van der Waals surface area contributed by atoms with Crippen LogP contribution in [-0.2, 0) is 11.3 Å². The third-order valence-electron chi connectivity index (χ3n) is 3.69. The number of anilines is 1. The van der Waals surface area contributed by atoms with Gasteiger partial charge < -0.3 is 10.1 Å². The third kappa shape index (κ3) is 5.48. The summed E-state index contributed by atoms with van der Waals surface area (Å²) in [5.74, 6) is 0.473. The fourth-order valence-electron chi connectivity index (χ4n) is 2.35. The van der Waals surface area contributed by atoms with E-state index in [0.717, 1.165) is 5.56 Å². The predicted molar refractivity (Wildman–Crippen MR) is 111 cm³/mol. The van der Waals surface area contributed by atoms with Crippen LogP contribution in [0.5, 0.6) is 5.75 Å². The molecule has 0 saturated carbocycles. The van der Waals surface area contributed by atoms with Crippen LogP contribution in [0.25, 0.3) is 0 Å². The second kappa shape index (κ2) is 8.78. The molecule has 0 bridgehead atoms. The standard InChI is InChI=1S/C19H16BrCl2N3O2/c1-12-2-4-13(5-3-12)9-25-10-15(20)19(24-25)23-18(26)11-27-17-7-6-14(21)8-16(17)22/h2-8,10H,9,11H2,1H3,(H,23,24,26). The fraction of sp³-hybridized carbons (Fsp3) is 0.158. The molecule has 3 rings (SSSR count). The van der Waals surface area contributed by atoms with Crippen molar-refractivity contribution in [3.63, 3.8) is 0 Å². The predicted octanol–water partition coefficient (Wildman–Crippen LogP) is 5.33. The first-order valence-electron chi connectivity index (χ1n) is 8.07. The number of nitrogens with zero attached hydrogens (tertiary/aromatic N) is 2. The molecule has 0 radical (unpaired) electrons. The molecule has 140 valence electrons. The zero-order valence-corrected chi connectivity index (χ0v) is 17.5. The lowest BCUT2D eigenvalue weighted by Gasteiger charge is -2.08. The van der Waals surface area contributed by atoms with Crippen molar-refractivity contribution in [1.29, 1.82) is 0 Å². The van der Waals surface area contributed by atoms with Crippen molar-refractivity contribution in [1.82, 2.24) is 9.78 Å². The van der Waals surface area contributed by atoms with Gasteiger partial charge in [0, 0.05) is 11.2 Å². The average Bonchev–Trinajstić information content (AvgIpc) is 2.95. The molecular formula is C19H16BrCl2N3O2. The minimum Gasteiger partial charge on any atom is -0.482 e. The molecule has 5 nitrogen and oxygen atoms in total. The molecule has 0 unspecified atom stereocenters. The molecule has 0 fully saturated rings. The van der Waals surface area contributed by atoms with E-state index < -0.39 is 0 Å². The highest BCUT2D eigenvalue weighted by Crippen LogP contribution is 2.27. The van der Waals surface area contributed by atoms with Crippen molar-refractivity contribution in [2.24, 2.45) is 0 Å². The maximum Gasteiger partial charge on any atom is 0.263 e. The second-order valence-corrected chi connectivity index (χ2v) is 7.62.